The molecule has 2 rings (SSSR count). The summed E-state index contributed by atoms with van der Waals surface area (Å²) in [5.74, 6) is 0.305. The first kappa shape index (κ1) is 19.3. The number of carbonyl (C=O) groups excluding carboxylic acids is 2. The first-order chi connectivity index (χ1) is 12.5. The Morgan fingerprint density at radius 3 is 2.50 bits per heavy atom. The Morgan fingerprint density at radius 1 is 1.08 bits per heavy atom. The number of ether oxygens (including phenoxy) is 1. The molecule has 6 heteroatoms. The van der Waals surface area contributed by atoms with Crippen LogP contribution in [-0.4, -0.2) is 44.0 Å². The highest BCUT2D eigenvalue weighted by atomic mass is 16.5. The van der Waals surface area contributed by atoms with Gasteiger partial charge in [-0.3, -0.25) is 9.59 Å². The Balaban J connectivity index is 1.89. The molecule has 0 aliphatic rings. The summed E-state index contributed by atoms with van der Waals surface area (Å²) in [6.07, 6.45) is 0. The van der Waals surface area contributed by atoms with Crippen molar-refractivity contribution in [3.63, 3.8) is 0 Å². The maximum atomic E-state index is 12.0. The largest absolute Gasteiger partial charge is 0.482 e. The van der Waals surface area contributed by atoms with Gasteiger partial charge < -0.3 is 20.3 Å². The van der Waals surface area contributed by atoms with E-state index in [0.29, 0.717) is 18.0 Å². The van der Waals surface area contributed by atoms with Gasteiger partial charge in [-0.1, -0.05) is 36.4 Å². The van der Waals surface area contributed by atoms with Crippen LogP contribution < -0.4 is 15.4 Å². The fourth-order valence-corrected chi connectivity index (χ4v) is 2.20. The lowest BCUT2D eigenvalue weighted by atomic mass is 10.2. The first-order valence-corrected chi connectivity index (χ1v) is 8.44. The van der Waals surface area contributed by atoms with Crippen LogP contribution in [0.4, 0.5) is 5.69 Å². The highest BCUT2D eigenvalue weighted by Gasteiger charge is 2.10. The van der Waals surface area contributed by atoms with Crippen molar-refractivity contribution in [2.75, 3.05) is 32.6 Å². The van der Waals surface area contributed by atoms with Gasteiger partial charge in [-0.25, -0.2) is 0 Å². The first-order valence-electron chi connectivity index (χ1n) is 8.44. The van der Waals surface area contributed by atoms with Gasteiger partial charge in [0.25, 0.3) is 5.91 Å². The summed E-state index contributed by atoms with van der Waals surface area (Å²) in [4.78, 5) is 25.2. The second kappa shape index (κ2) is 9.46. The zero-order valence-electron chi connectivity index (χ0n) is 15.4. The van der Waals surface area contributed by atoms with E-state index in [2.05, 4.69) is 10.6 Å². The number of amides is 2. The van der Waals surface area contributed by atoms with Gasteiger partial charge in [0.1, 0.15) is 5.75 Å². The Hall–Kier alpha value is -3.02. The van der Waals surface area contributed by atoms with Crippen molar-refractivity contribution in [1.82, 2.24) is 10.2 Å². The van der Waals surface area contributed by atoms with Crippen LogP contribution in [0.15, 0.2) is 48.5 Å². The summed E-state index contributed by atoms with van der Waals surface area (Å²) >= 11 is 0. The molecule has 0 aliphatic heterocycles. The van der Waals surface area contributed by atoms with Crippen molar-refractivity contribution in [1.29, 1.82) is 0 Å². The lowest BCUT2D eigenvalue weighted by Crippen LogP contribution is -2.30. The van der Waals surface area contributed by atoms with Gasteiger partial charge in [0.15, 0.2) is 6.61 Å². The maximum Gasteiger partial charge on any atom is 0.259 e. The minimum Gasteiger partial charge on any atom is -0.482 e. The molecular formula is C20H25N3O3. The van der Waals surface area contributed by atoms with Crippen molar-refractivity contribution in [2.45, 2.75) is 13.5 Å². The van der Waals surface area contributed by atoms with E-state index in [1.165, 1.54) is 4.90 Å². The number of likely N-dealkylation sites (N-methyl/N-ethyl adjacent to an activating group) is 1. The summed E-state index contributed by atoms with van der Waals surface area (Å²) < 4.78 is 5.62. The van der Waals surface area contributed by atoms with Gasteiger partial charge >= 0.3 is 0 Å². The molecule has 0 aromatic heterocycles. The number of benzene rings is 2. The smallest absolute Gasteiger partial charge is 0.259 e. The maximum absolute atomic E-state index is 12.0. The van der Waals surface area contributed by atoms with Crippen LogP contribution in [-0.2, 0) is 16.1 Å². The zero-order valence-corrected chi connectivity index (χ0v) is 15.4. The number of carbonyl (C=O) groups is 2. The number of hydrogen-bond acceptors (Lipinski definition) is 4. The van der Waals surface area contributed by atoms with E-state index in [4.69, 9.17) is 4.74 Å². The summed E-state index contributed by atoms with van der Waals surface area (Å²) in [5.41, 5.74) is 2.73. The van der Waals surface area contributed by atoms with E-state index in [9.17, 15) is 9.59 Å². The number of aryl methyl sites for hydroxylation is 1. The molecule has 138 valence electrons. The number of nitrogens with zero attached hydrogens (tertiary/aromatic N) is 1. The van der Waals surface area contributed by atoms with Gasteiger partial charge in [-0.15, -0.1) is 0 Å². The Labute approximate surface area is 154 Å². The van der Waals surface area contributed by atoms with Gasteiger partial charge in [0, 0.05) is 20.6 Å². The average molecular weight is 355 g/mol. The summed E-state index contributed by atoms with van der Waals surface area (Å²) in [5, 5.41) is 5.93. The fraction of sp³-hybridized carbons (Fsp3) is 0.300. The number of anilines is 1. The fourth-order valence-electron chi connectivity index (χ4n) is 2.20. The Kier molecular flexibility index (Phi) is 7.02. The van der Waals surface area contributed by atoms with Crippen LogP contribution in [0.5, 0.6) is 5.75 Å². The topological polar surface area (TPSA) is 70.7 Å². The molecule has 0 radical (unpaired) electrons. The molecule has 2 N–H and O–H groups in total. The predicted molar refractivity (Wildman–Crippen MR) is 102 cm³/mol. The minimum atomic E-state index is -0.127. The molecule has 0 bridgehead atoms. The van der Waals surface area contributed by atoms with E-state index >= 15 is 0 Å². The molecule has 2 amide bonds. The third-order valence-corrected chi connectivity index (χ3v) is 3.76. The monoisotopic (exact) mass is 355 g/mol. The van der Waals surface area contributed by atoms with Gasteiger partial charge in [-0.05, 0) is 30.2 Å². The van der Waals surface area contributed by atoms with Crippen molar-refractivity contribution < 1.29 is 14.3 Å². The van der Waals surface area contributed by atoms with Crippen molar-refractivity contribution >= 4 is 17.5 Å². The van der Waals surface area contributed by atoms with Crippen LogP contribution in [0.25, 0.3) is 0 Å². The summed E-state index contributed by atoms with van der Waals surface area (Å²) in [6, 6.07) is 15.3. The quantitative estimate of drug-likeness (QED) is 0.762. The predicted octanol–water partition coefficient (Wildman–Crippen LogP) is 2.19. The highest BCUT2D eigenvalue weighted by molar-refractivity contribution is 5.81. The highest BCUT2D eigenvalue weighted by Crippen LogP contribution is 2.25. The van der Waals surface area contributed by atoms with Gasteiger partial charge in [-0.2, -0.15) is 0 Å². The second-order valence-electron chi connectivity index (χ2n) is 6.19. The second-order valence-corrected chi connectivity index (χ2v) is 6.19. The number of nitrogens with one attached hydrogen (secondary N) is 2. The molecule has 0 atom stereocenters. The van der Waals surface area contributed by atoms with Crippen LogP contribution >= 0.6 is 0 Å². The molecule has 0 fully saturated rings. The summed E-state index contributed by atoms with van der Waals surface area (Å²) in [7, 11) is 3.36. The molecule has 0 heterocycles. The number of hydrogen-bond donors (Lipinski definition) is 2. The van der Waals surface area contributed by atoms with Gasteiger partial charge in [0.05, 0.1) is 12.2 Å². The van der Waals surface area contributed by atoms with Crippen molar-refractivity contribution in [2.24, 2.45) is 0 Å². The zero-order chi connectivity index (χ0) is 18.9. The van der Waals surface area contributed by atoms with E-state index in [1.54, 1.807) is 14.1 Å². The molecule has 0 aliphatic carbocycles. The van der Waals surface area contributed by atoms with Crippen LogP contribution in [0.1, 0.15) is 11.1 Å². The molecule has 0 saturated heterocycles. The third kappa shape index (κ3) is 6.12. The van der Waals surface area contributed by atoms with E-state index in [1.807, 2.05) is 55.5 Å². The Bertz CT molecular complexity index is 745. The third-order valence-electron chi connectivity index (χ3n) is 3.76. The molecular weight excluding hydrogens is 330 g/mol. The summed E-state index contributed by atoms with van der Waals surface area (Å²) in [6.45, 7) is 2.49. The lowest BCUT2D eigenvalue weighted by Gasteiger charge is -2.15. The van der Waals surface area contributed by atoms with Crippen LogP contribution in [0.2, 0.25) is 0 Å². The molecule has 0 spiro atoms. The molecule has 6 nitrogen and oxygen atoms in total. The average Bonchev–Trinajstić information content (AvgIpc) is 2.64. The van der Waals surface area contributed by atoms with Crippen LogP contribution in [0, 0.1) is 6.92 Å². The molecule has 2 aromatic carbocycles. The van der Waals surface area contributed by atoms with E-state index < -0.39 is 0 Å². The Morgan fingerprint density at radius 2 is 1.81 bits per heavy atom. The molecule has 2 aromatic rings. The number of rotatable bonds is 8. The SMILES string of the molecule is Cc1ccc(NCC(=O)NCc2ccccc2)c(OCC(=O)N(C)C)c1. The molecule has 0 saturated carbocycles. The lowest BCUT2D eigenvalue weighted by molar-refractivity contribution is -0.130. The molecule has 0 unspecified atom stereocenters. The van der Waals surface area contributed by atoms with Crippen molar-refractivity contribution in [3.05, 3.63) is 59.7 Å². The van der Waals surface area contributed by atoms with E-state index in [-0.39, 0.29) is 25.0 Å². The standard InChI is InChI=1S/C20H25N3O3/c1-15-9-10-17(18(11-15)26-14-20(25)23(2)3)21-13-19(24)22-12-16-7-5-4-6-8-16/h4-11,21H,12-14H2,1-3H3,(H,22,24). The van der Waals surface area contributed by atoms with Crippen LogP contribution in [0.3, 0.4) is 0 Å². The van der Waals surface area contributed by atoms with E-state index in [0.717, 1.165) is 11.1 Å². The van der Waals surface area contributed by atoms with Crippen molar-refractivity contribution in [3.8, 4) is 5.75 Å². The normalized spacial score (nSPS) is 10.1. The van der Waals surface area contributed by atoms with Gasteiger partial charge in [0.2, 0.25) is 5.91 Å². The minimum absolute atomic E-state index is 0.0503. The molecule has 26 heavy (non-hydrogen) atoms.